The highest BCUT2D eigenvalue weighted by Crippen LogP contribution is 2.24. The van der Waals surface area contributed by atoms with Crippen molar-refractivity contribution in [1.82, 2.24) is 4.90 Å². The first-order valence-electron chi connectivity index (χ1n) is 9.18. The molecule has 0 unspecified atom stereocenters. The van der Waals surface area contributed by atoms with Crippen LogP contribution in [0, 0.1) is 0 Å². The maximum Gasteiger partial charge on any atom is 0.320 e. The molecule has 0 saturated carbocycles. The number of carbonyl (C=O) groups excluding carboxylic acids is 1. The Morgan fingerprint density at radius 2 is 1.96 bits per heavy atom. The zero-order valence-corrected chi connectivity index (χ0v) is 15.8. The van der Waals surface area contributed by atoms with Crippen LogP contribution in [0.5, 0.6) is 5.75 Å². The summed E-state index contributed by atoms with van der Waals surface area (Å²) in [5.74, 6) is -0.339. The molecule has 3 N–H and O–H groups in total. The molecule has 1 atom stereocenters. The molecule has 1 amide bonds. The van der Waals surface area contributed by atoms with E-state index >= 15 is 0 Å². The van der Waals surface area contributed by atoms with Crippen molar-refractivity contribution in [3.63, 3.8) is 0 Å². The topological polar surface area (TPSA) is 92.9 Å². The number of carbonyl (C=O) groups is 2. The first kappa shape index (κ1) is 19.6. The van der Waals surface area contributed by atoms with Gasteiger partial charge in [0.2, 0.25) is 0 Å². The van der Waals surface area contributed by atoms with Gasteiger partial charge in [0.05, 0.1) is 7.11 Å². The van der Waals surface area contributed by atoms with Crippen LogP contribution in [0.15, 0.2) is 54.6 Å². The summed E-state index contributed by atoms with van der Waals surface area (Å²) in [5.41, 5.74) is 9.37. The summed E-state index contributed by atoms with van der Waals surface area (Å²) in [6, 6.07) is 14.1. The third-order valence-electron chi connectivity index (χ3n) is 4.91. The van der Waals surface area contributed by atoms with Crippen LogP contribution in [0.1, 0.15) is 27.9 Å². The number of nitrogens with two attached hydrogens (primary N) is 1. The molecule has 1 aliphatic heterocycles. The van der Waals surface area contributed by atoms with Crippen LogP contribution in [0.2, 0.25) is 0 Å². The number of carboxylic acid groups (broad SMARTS) is 1. The van der Waals surface area contributed by atoms with Crippen LogP contribution < -0.4 is 10.5 Å². The third-order valence-corrected chi connectivity index (χ3v) is 4.91. The van der Waals surface area contributed by atoms with Crippen molar-refractivity contribution >= 4 is 17.4 Å². The second-order valence-electron chi connectivity index (χ2n) is 6.81. The summed E-state index contributed by atoms with van der Waals surface area (Å²) < 4.78 is 5.19. The number of hydrogen-bond donors (Lipinski definition) is 2. The molecule has 0 spiro atoms. The molecule has 0 bridgehead atoms. The Hall–Kier alpha value is -3.12. The number of carboxylic acids is 1. The van der Waals surface area contributed by atoms with E-state index in [1.165, 1.54) is 5.57 Å². The first-order chi connectivity index (χ1) is 13.5. The van der Waals surface area contributed by atoms with Gasteiger partial charge in [0.1, 0.15) is 11.8 Å². The Morgan fingerprint density at radius 3 is 2.57 bits per heavy atom. The van der Waals surface area contributed by atoms with Gasteiger partial charge in [-0.15, -0.1) is 0 Å². The molecule has 28 heavy (non-hydrogen) atoms. The number of ether oxygens (including phenoxy) is 1. The monoisotopic (exact) mass is 380 g/mol. The van der Waals surface area contributed by atoms with E-state index in [1.54, 1.807) is 19.2 Å². The van der Waals surface area contributed by atoms with Crippen molar-refractivity contribution in [2.75, 3.05) is 20.2 Å². The van der Waals surface area contributed by atoms with Crippen LogP contribution in [0.25, 0.3) is 5.57 Å². The predicted molar refractivity (Wildman–Crippen MR) is 107 cm³/mol. The van der Waals surface area contributed by atoms with Crippen molar-refractivity contribution in [3.05, 3.63) is 71.3 Å². The molecule has 1 aliphatic rings. The Labute approximate surface area is 164 Å². The van der Waals surface area contributed by atoms with E-state index in [-0.39, 0.29) is 5.91 Å². The van der Waals surface area contributed by atoms with E-state index in [1.807, 2.05) is 41.3 Å². The Morgan fingerprint density at radius 1 is 1.21 bits per heavy atom. The van der Waals surface area contributed by atoms with E-state index in [0.717, 1.165) is 17.5 Å². The lowest BCUT2D eigenvalue weighted by atomic mass is 9.96. The number of hydrogen-bond acceptors (Lipinski definition) is 4. The van der Waals surface area contributed by atoms with Crippen LogP contribution in [-0.2, 0) is 11.2 Å². The van der Waals surface area contributed by atoms with Gasteiger partial charge in [-0.3, -0.25) is 9.59 Å². The van der Waals surface area contributed by atoms with Crippen molar-refractivity contribution in [1.29, 1.82) is 0 Å². The normalized spacial score (nSPS) is 14.9. The lowest BCUT2D eigenvalue weighted by molar-refractivity contribution is -0.138. The van der Waals surface area contributed by atoms with Crippen LogP contribution in [0.3, 0.4) is 0 Å². The number of benzene rings is 2. The maximum absolute atomic E-state index is 12.7. The molecule has 146 valence electrons. The Bertz CT molecular complexity index is 890. The average molecular weight is 380 g/mol. The molecule has 2 aromatic carbocycles. The van der Waals surface area contributed by atoms with E-state index in [0.29, 0.717) is 30.8 Å². The van der Waals surface area contributed by atoms with Gasteiger partial charge >= 0.3 is 5.97 Å². The van der Waals surface area contributed by atoms with Gasteiger partial charge in [-0.1, -0.05) is 36.4 Å². The molecule has 0 fully saturated rings. The predicted octanol–water partition coefficient (Wildman–Crippen LogP) is 2.58. The highest BCUT2D eigenvalue weighted by molar-refractivity contribution is 5.95. The molecule has 1 heterocycles. The van der Waals surface area contributed by atoms with Crippen LogP contribution in [0.4, 0.5) is 0 Å². The molecular weight excluding hydrogens is 356 g/mol. The molecule has 0 saturated heterocycles. The van der Waals surface area contributed by atoms with Crippen molar-refractivity contribution in [2.24, 2.45) is 5.73 Å². The zero-order valence-electron chi connectivity index (χ0n) is 15.8. The quantitative estimate of drug-likeness (QED) is 0.803. The summed E-state index contributed by atoms with van der Waals surface area (Å²) >= 11 is 0. The minimum Gasteiger partial charge on any atom is -0.497 e. The number of amides is 1. The lowest BCUT2D eigenvalue weighted by Crippen LogP contribution is -2.34. The van der Waals surface area contributed by atoms with Gasteiger partial charge in [0.25, 0.3) is 5.91 Å². The smallest absolute Gasteiger partial charge is 0.320 e. The van der Waals surface area contributed by atoms with E-state index < -0.39 is 12.0 Å². The molecule has 0 radical (unpaired) electrons. The fourth-order valence-corrected chi connectivity index (χ4v) is 3.25. The largest absolute Gasteiger partial charge is 0.497 e. The van der Waals surface area contributed by atoms with Gasteiger partial charge < -0.3 is 20.5 Å². The van der Waals surface area contributed by atoms with Gasteiger partial charge in [-0.25, -0.2) is 0 Å². The molecule has 0 aliphatic carbocycles. The zero-order chi connectivity index (χ0) is 20.1. The van der Waals surface area contributed by atoms with E-state index in [2.05, 4.69) is 6.08 Å². The van der Waals surface area contributed by atoms with E-state index in [4.69, 9.17) is 15.6 Å². The van der Waals surface area contributed by atoms with Gasteiger partial charge in [0, 0.05) is 18.7 Å². The minimum atomic E-state index is -1.00. The van der Waals surface area contributed by atoms with Gasteiger partial charge in [-0.2, -0.15) is 0 Å². The Balaban J connectivity index is 1.64. The second kappa shape index (κ2) is 8.71. The summed E-state index contributed by atoms with van der Waals surface area (Å²) in [6.07, 6.45) is 3.14. The maximum atomic E-state index is 12.7. The van der Waals surface area contributed by atoms with Crippen molar-refractivity contribution < 1.29 is 19.4 Å². The molecule has 2 aromatic rings. The van der Waals surface area contributed by atoms with Crippen LogP contribution >= 0.6 is 0 Å². The standard InChI is InChI=1S/C22H24N2O4/c1-28-19-4-2-3-18(14-19)21(25)24-11-9-17(10-12-24)16-7-5-15(6-8-16)13-20(23)22(26)27/h2-9,14,20H,10-13,23H2,1H3,(H,26,27)/t20-/m0/s1. The summed E-state index contributed by atoms with van der Waals surface area (Å²) in [5, 5.41) is 8.91. The SMILES string of the molecule is COc1cccc(C(=O)N2CC=C(c3ccc(C[C@H](N)C(=O)O)cc3)CC2)c1. The van der Waals surface area contributed by atoms with Gasteiger partial charge in [0.15, 0.2) is 0 Å². The molecular formula is C22H24N2O4. The lowest BCUT2D eigenvalue weighted by Gasteiger charge is -2.27. The molecule has 6 heteroatoms. The highest BCUT2D eigenvalue weighted by Gasteiger charge is 2.20. The summed E-state index contributed by atoms with van der Waals surface area (Å²) in [4.78, 5) is 25.4. The summed E-state index contributed by atoms with van der Waals surface area (Å²) in [6.45, 7) is 1.20. The van der Waals surface area contributed by atoms with E-state index in [9.17, 15) is 9.59 Å². The number of nitrogens with zero attached hydrogens (tertiary/aromatic N) is 1. The van der Waals surface area contributed by atoms with Crippen molar-refractivity contribution in [2.45, 2.75) is 18.9 Å². The third kappa shape index (κ3) is 4.58. The molecule has 0 aromatic heterocycles. The molecule has 6 nitrogen and oxygen atoms in total. The number of aliphatic carboxylic acids is 1. The minimum absolute atomic E-state index is 0.00722. The molecule has 3 rings (SSSR count). The highest BCUT2D eigenvalue weighted by atomic mass is 16.5. The van der Waals surface area contributed by atoms with Crippen LogP contribution in [-0.4, -0.2) is 48.1 Å². The van der Waals surface area contributed by atoms with Gasteiger partial charge in [-0.05, 0) is 47.7 Å². The first-order valence-corrected chi connectivity index (χ1v) is 9.18. The fourth-order valence-electron chi connectivity index (χ4n) is 3.25. The van der Waals surface area contributed by atoms with Crippen molar-refractivity contribution in [3.8, 4) is 5.75 Å². The summed E-state index contributed by atoms with van der Waals surface area (Å²) in [7, 11) is 1.58. The average Bonchev–Trinajstić information content (AvgIpc) is 2.74. The number of methoxy groups -OCH3 is 1. The Kier molecular flexibility index (Phi) is 6.11. The second-order valence-corrected chi connectivity index (χ2v) is 6.81. The fraction of sp³-hybridized carbons (Fsp3) is 0.273. The number of rotatable bonds is 6.